The number of benzene rings is 1. The highest BCUT2D eigenvalue weighted by Gasteiger charge is 2.28. The lowest BCUT2D eigenvalue weighted by Gasteiger charge is -2.34. The number of rotatable bonds is 6. The first kappa shape index (κ1) is 18.1. The molecule has 23 heavy (non-hydrogen) atoms. The molecule has 0 saturated heterocycles. The lowest BCUT2D eigenvalue weighted by atomic mass is 9.84. The Kier molecular flexibility index (Phi) is 6.72. The molecule has 4 nitrogen and oxygen atoms in total. The molecule has 1 saturated carbocycles. The van der Waals surface area contributed by atoms with E-state index in [1.165, 1.54) is 19.3 Å². The molecule has 5 heteroatoms. The van der Waals surface area contributed by atoms with Gasteiger partial charge < -0.3 is 15.0 Å². The second-order valence-corrected chi connectivity index (χ2v) is 7.08. The van der Waals surface area contributed by atoms with E-state index in [9.17, 15) is 4.79 Å². The van der Waals surface area contributed by atoms with Crippen molar-refractivity contribution in [2.75, 3.05) is 20.6 Å². The van der Waals surface area contributed by atoms with Crippen LogP contribution in [-0.4, -0.2) is 43.6 Å². The van der Waals surface area contributed by atoms with Gasteiger partial charge in [0, 0.05) is 17.6 Å². The highest BCUT2D eigenvalue weighted by Crippen LogP contribution is 2.25. The average Bonchev–Trinajstić information content (AvgIpc) is 2.48. The van der Waals surface area contributed by atoms with Crippen molar-refractivity contribution in [3.05, 3.63) is 29.3 Å². The fourth-order valence-corrected chi connectivity index (χ4v) is 3.36. The van der Waals surface area contributed by atoms with Crippen LogP contribution in [0.15, 0.2) is 24.3 Å². The van der Waals surface area contributed by atoms with Crippen LogP contribution >= 0.6 is 11.6 Å². The van der Waals surface area contributed by atoms with Gasteiger partial charge in [0.2, 0.25) is 0 Å². The Balaban J connectivity index is 1.91. The minimum atomic E-state index is -0.532. The molecule has 1 amide bonds. The number of halogens is 1. The van der Waals surface area contributed by atoms with Crippen molar-refractivity contribution in [1.82, 2.24) is 10.2 Å². The summed E-state index contributed by atoms with van der Waals surface area (Å²) in [6, 6.07) is 7.37. The number of carbonyl (C=O) groups is 1. The Bertz CT molecular complexity index is 521. The third-order valence-corrected chi connectivity index (χ3v) is 4.55. The molecule has 0 aliphatic heterocycles. The molecule has 3 atom stereocenters. The zero-order chi connectivity index (χ0) is 16.8. The van der Waals surface area contributed by atoms with E-state index >= 15 is 0 Å². The van der Waals surface area contributed by atoms with Gasteiger partial charge in [-0.05, 0) is 58.0 Å². The maximum absolute atomic E-state index is 12.4. The molecule has 0 radical (unpaired) electrons. The molecular formula is C18H27ClN2O2. The van der Waals surface area contributed by atoms with Gasteiger partial charge in [0.25, 0.3) is 5.91 Å². The number of nitrogens with one attached hydrogen (secondary N) is 1. The van der Waals surface area contributed by atoms with Crippen LogP contribution in [0.3, 0.4) is 0 Å². The normalized spacial score (nSPS) is 22.7. The highest BCUT2D eigenvalue weighted by atomic mass is 35.5. The smallest absolute Gasteiger partial charge is 0.261 e. The summed E-state index contributed by atoms with van der Waals surface area (Å²) in [4.78, 5) is 14.6. The second-order valence-electron chi connectivity index (χ2n) is 6.64. The standard InChI is InChI=1S/C18H27ClN2O2/c1-13(23-16-9-6-8-15(19)11-16)18(22)20-17-10-5-4-7-14(17)12-21(2)3/h6,8-9,11,13-14,17H,4-5,7,10,12H2,1-3H3,(H,20,22). The molecule has 0 heterocycles. The average molecular weight is 339 g/mol. The Hall–Kier alpha value is -1.26. The van der Waals surface area contributed by atoms with Crippen molar-refractivity contribution in [3.8, 4) is 5.75 Å². The van der Waals surface area contributed by atoms with Gasteiger partial charge in [-0.25, -0.2) is 0 Å². The maximum atomic E-state index is 12.4. The molecule has 128 valence electrons. The minimum Gasteiger partial charge on any atom is -0.481 e. The second kappa shape index (κ2) is 8.55. The zero-order valence-electron chi connectivity index (χ0n) is 14.2. The molecule has 0 bridgehead atoms. The van der Waals surface area contributed by atoms with Gasteiger partial charge in [0.15, 0.2) is 6.10 Å². The van der Waals surface area contributed by atoms with Gasteiger partial charge in [-0.15, -0.1) is 0 Å². The van der Waals surface area contributed by atoms with Crippen molar-refractivity contribution in [1.29, 1.82) is 0 Å². The van der Waals surface area contributed by atoms with Crippen LogP contribution in [0.5, 0.6) is 5.75 Å². The van der Waals surface area contributed by atoms with Gasteiger partial charge in [-0.2, -0.15) is 0 Å². The molecule has 2 rings (SSSR count). The Labute approximate surface area is 144 Å². The Morgan fingerprint density at radius 1 is 1.39 bits per heavy atom. The number of nitrogens with zero attached hydrogens (tertiary/aromatic N) is 1. The van der Waals surface area contributed by atoms with E-state index < -0.39 is 6.10 Å². The van der Waals surface area contributed by atoms with E-state index in [0.29, 0.717) is 16.7 Å². The Morgan fingerprint density at radius 3 is 2.83 bits per heavy atom. The molecule has 1 fully saturated rings. The number of hydrogen-bond donors (Lipinski definition) is 1. The summed E-state index contributed by atoms with van der Waals surface area (Å²) in [5.74, 6) is 1.08. The molecule has 3 unspecified atom stereocenters. The molecule has 1 N–H and O–H groups in total. The van der Waals surface area contributed by atoms with E-state index in [1.54, 1.807) is 19.1 Å². The first-order valence-corrected chi connectivity index (χ1v) is 8.71. The van der Waals surface area contributed by atoms with Crippen molar-refractivity contribution in [3.63, 3.8) is 0 Å². The van der Waals surface area contributed by atoms with Crippen LogP contribution in [0.25, 0.3) is 0 Å². The number of ether oxygens (including phenoxy) is 1. The number of hydrogen-bond acceptors (Lipinski definition) is 3. The first-order valence-electron chi connectivity index (χ1n) is 8.33. The largest absolute Gasteiger partial charge is 0.481 e. The molecule has 1 aromatic carbocycles. The van der Waals surface area contributed by atoms with Crippen molar-refractivity contribution < 1.29 is 9.53 Å². The highest BCUT2D eigenvalue weighted by molar-refractivity contribution is 6.30. The molecule has 0 spiro atoms. The molecule has 1 aliphatic rings. The van der Waals surface area contributed by atoms with Gasteiger partial charge in [-0.3, -0.25) is 4.79 Å². The summed E-state index contributed by atoms with van der Waals surface area (Å²) in [6.07, 6.45) is 4.12. The van der Waals surface area contributed by atoms with E-state index in [4.69, 9.17) is 16.3 Å². The summed E-state index contributed by atoms with van der Waals surface area (Å²) < 4.78 is 5.71. The van der Waals surface area contributed by atoms with Crippen molar-refractivity contribution in [2.24, 2.45) is 5.92 Å². The predicted molar refractivity (Wildman–Crippen MR) is 94.0 cm³/mol. The third kappa shape index (κ3) is 5.70. The lowest BCUT2D eigenvalue weighted by molar-refractivity contribution is -0.128. The summed E-state index contributed by atoms with van der Waals surface area (Å²) in [7, 11) is 4.16. The third-order valence-electron chi connectivity index (χ3n) is 4.31. The van der Waals surface area contributed by atoms with Crippen LogP contribution in [0.1, 0.15) is 32.6 Å². The van der Waals surface area contributed by atoms with E-state index in [1.807, 2.05) is 12.1 Å². The summed E-state index contributed by atoms with van der Waals surface area (Å²) >= 11 is 5.95. The van der Waals surface area contributed by atoms with Crippen molar-refractivity contribution in [2.45, 2.75) is 44.8 Å². The summed E-state index contributed by atoms with van der Waals surface area (Å²) in [5, 5.41) is 3.79. The lowest BCUT2D eigenvalue weighted by Crippen LogP contribution is -2.49. The zero-order valence-corrected chi connectivity index (χ0v) is 15.0. The first-order chi connectivity index (χ1) is 11.0. The fourth-order valence-electron chi connectivity index (χ4n) is 3.18. The molecule has 1 aromatic rings. The number of amides is 1. The van der Waals surface area contributed by atoms with E-state index in [2.05, 4.69) is 24.3 Å². The fraction of sp³-hybridized carbons (Fsp3) is 0.611. The van der Waals surface area contributed by atoms with Crippen LogP contribution in [0.4, 0.5) is 0 Å². The molecule has 0 aromatic heterocycles. The van der Waals surface area contributed by atoms with E-state index in [-0.39, 0.29) is 11.9 Å². The summed E-state index contributed by atoms with van der Waals surface area (Å²) in [5.41, 5.74) is 0. The van der Waals surface area contributed by atoms with Gasteiger partial charge in [-0.1, -0.05) is 30.5 Å². The molecular weight excluding hydrogens is 312 g/mol. The minimum absolute atomic E-state index is 0.0550. The SMILES string of the molecule is CC(Oc1cccc(Cl)c1)C(=O)NC1CCCCC1CN(C)C. The van der Waals surface area contributed by atoms with Crippen LogP contribution in [-0.2, 0) is 4.79 Å². The summed E-state index contributed by atoms with van der Waals surface area (Å²) in [6.45, 7) is 2.79. The topological polar surface area (TPSA) is 41.6 Å². The number of carbonyl (C=O) groups excluding carboxylic acids is 1. The maximum Gasteiger partial charge on any atom is 0.261 e. The van der Waals surface area contributed by atoms with Gasteiger partial charge in [0.05, 0.1) is 0 Å². The van der Waals surface area contributed by atoms with Gasteiger partial charge in [0.1, 0.15) is 5.75 Å². The predicted octanol–water partition coefficient (Wildman–Crippen LogP) is 3.34. The van der Waals surface area contributed by atoms with E-state index in [0.717, 1.165) is 13.0 Å². The quantitative estimate of drug-likeness (QED) is 0.865. The van der Waals surface area contributed by atoms with Crippen molar-refractivity contribution >= 4 is 17.5 Å². The molecule has 1 aliphatic carbocycles. The van der Waals surface area contributed by atoms with Crippen LogP contribution in [0, 0.1) is 5.92 Å². The Morgan fingerprint density at radius 2 is 2.13 bits per heavy atom. The van der Waals surface area contributed by atoms with Gasteiger partial charge >= 0.3 is 0 Å². The monoisotopic (exact) mass is 338 g/mol. The van der Waals surface area contributed by atoms with Crippen LogP contribution in [0.2, 0.25) is 5.02 Å². The van der Waals surface area contributed by atoms with Crippen LogP contribution < -0.4 is 10.1 Å².